The summed E-state index contributed by atoms with van der Waals surface area (Å²) in [6.45, 7) is 3.57. The average molecular weight is 367 g/mol. The predicted molar refractivity (Wildman–Crippen MR) is 104 cm³/mol. The summed E-state index contributed by atoms with van der Waals surface area (Å²) in [7, 11) is 0. The Bertz CT molecular complexity index is 805. The zero-order valence-corrected chi connectivity index (χ0v) is 15.5. The van der Waals surface area contributed by atoms with Gasteiger partial charge in [-0.3, -0.25) is 15.0 Å². The molecule has 0 bridgehead atoms. The Hall–Kier alpha value is -2.40. The smallest absolute Gasteiger partial charge is 0.316 e. The van der Waals surface area contributed by atoms with Crippen molar-refractivity contribution in [2.24, 2.45) is 5.92 Å². The van der Waals surface area contributed by atoms with E-state index in [1.165, 1.54) is 11.8 Å². The second-order valence-electron chi connectivity index (χ2n) is 6.53. The Balaban J connectivity index is 2.00. The van der Waals surface area contributed by atoms with Crippen LogP contribution in [-0.2, 0) is 9.53 Å². The monoisotopic (exact) mass is 367 g/mol. The molecule has 0 saturated carbocycles. The van der Waals surface area contributed by atoms with Crippen LogP contribution in [0.1, 0.15) is 35.7 Å². The molecule has 1 N–H and O–H groups in total. The summed E-state index contributed by atoms with van der Waals surface area (Å²) in [6, 6.07) is 18.5. The lowest BCUT2D eigenvalue weighted by Gasteiger charge is -2.23. The highest BCUT2D eigenvalue weighted by molar-refractivity contribution is 8.15. The van der Waals surface area contributed by atoms with Crippen LogP contribution in [0, 0.1) is 11.3 Å². The highest BCUT2D eigenvalue weighted by Crippen LogP contribution is 2.47. The van der Waals surface area contributed by atoms with Gasteiger partial charge >= 0.3 is 5.97 Å². The van der Waals surface area contributed by atoms with Crippen LogP contribution in [-0.4, -0.2) is 28.2 Å². The molecule has 5 heteroatoms. The molecule has 0 aliphatic carbocycles. The number of thioether (sulfide) groups is 1. The summed E-state index contributed by atoms with van der Waals surface area (Å²) in [5, 5.41) is 8.03. The van der Waals surface area contributed by atoms with Gasteiger partial charge in [-0.2, -0.15) is 0 Å². The third-order valence-corrected chi connectivity index (χ3v) is 5.60. The van der Waals surface area contributed by atoms with Gasteiger partial charge in [0.2, 0.25) is 0 Å². The van der Waals surface area contributed by atoms with E-state index < -0.39 is 23.1 Å². The Morgan fingerprint density at radius 2 is 1.58 bits per heavy atom. The molecule has 26 heavy (non-hydrogen) atoms. The van der Waals surface area contributed by atoms with Gasteiger partial charge in [0, 0.05) is 11.5 Å². The second kappa shape index (κ2) is 7.87. The van der Waals surface area contributed by atoms with E-state index in [-0.39, 0.29) is 16.9 Å². The number of nitrogens with one attached hydrogen (secondary N) is 1. The number of rotatable bonds is 5. The zero-order chi connectivity index (χ0) is 18.7. The van der Waals surface area contributed by atoms with Crippen LogP contribution in [0.25, 0.3) is 0 Å². The van der Waals surface area contributed by atoms with E-state index >= 15 is 0 Å². The quantitative estimate of drug-likeness (QED) is 0.631. The van der Waals surface area contributed by atoms with Crippen molar-refractivity contribution < 1.29 is 14.3 Å². The molecule has 0 amide bonds. The number of Topliss-reactive ketones (excluding diaryl/α,β-unsaturated/α-hetero) is 1. The molecule has 0 radical (unpaired) electrons. The largest absolute Gasteiger partial charge is 0.462 e. The number of hydrogen-bond donors (Lipinski definition) is 1. The molecule has 134 valence electrons. The molecule has 1 fully saturated rings. The summed E-state index contributed by atoms with van der Waals surface area (Å²) in [5.74, 6) is -1.65. The van der Waals surface area contributed by atoms with E-state index in [2.05, 4.69) is 0 Å². The van der Waals surface area contributed by atoms with Crippen molar-refractivity contribution in [3.05, 3.63) is 71.8 Å². The molecular weight excluding hydrogens is 346 g/mol. The lowest BCUT2D eigenvalue weighted by Crippen LogP contribution is -2.32. The van der Waals surface area contributed by atoms with E-state index in [1.807, 2.05) is 48.5 Å². The van der Waals surface area contributed by atoms with Crippen molar-refractivity contribution in [1.82, 2.24) is 0 Å². The van der Waals surface area contributed by atoms with E-state index in [9.17, 15) is 9.59 Å². The molecule has 2 aromatic rings. The highest BCUT2D eigenvalue weighted by Gasteiger charge is 2.49. The molecular formula is C21H21NO3S. The van der Waals surface area contributed by atoms with Gasteiger partial charge in [0.1, 0.15) is 5.92 Å². The Labute approximate surface area is 157 Å². The number of carbonyl (C=O) groups excluding carboxylic acids is 2. The number of ketones is 1. The Kier molecular flexibility index (Phi) is 5.57. The third-order valence-electron chi connectivity index (χ3n) is 4.33. The van der Waals surface area contributed by atoms with Gasteiger partial charge in [-0.15, -0.1) is 0 Å². The van der Waals surface area contributed by atoms with Crippen LogP contribution in [0.15, 0.2) is 60.7 Å². The standard InChI is InChI=1S/C21H21NO3S/c1-13(2)25-21(24)17-16(14-9-5-3-6-10-14)19(26-20(17)22)18(23)15-11-7-4-8-12-15/h3-13,16-17,19,22H,1-2H3/t16-,17-,19-/m1/s1. The summed E-state index contributed by atoms with van der Waals surface area (Å²) < 4.78 is 5.39. The topological polar surface area (TPSA) is 67.2 Å². The molecule has 1 heterocycles. The molecule has 3 rings (SSSR count). The zero-order valence-electron chi connectivity index (χ0n) is 14.7. The normalized spacial score (nSPS) is 22.4. The number of esters is 1. The molecule has 0 unspecified atom stereocenters. The highest BCUT2D eigenvalue weighted by atomic mass is 32.2. The van der Waals surface area contributed by atoms with Crippen molar-refractivity contribution in [2.45, 2.75) is 31.1 Å². The fraction of sp³-hybridized carbons (Fsp3) is 0.286. The van der Waals surface area contributed by atoms with Crippen LogP contribution in [0.2, 0.25) is 0 Å². The van der Waals surface area contributed by atoms with Gasteiger partial charge < -0.3 is 4.74 Å². The fourth-order valence-corrected chi connectivity index (χ4v) is 4.57. The van der Waals surface area contributed by atoms with Gasteiger partial charge in [-0.1, -0.05) is 72.4 Å². The maximum absolute atomic E-state index is 13.1. The Morgan fingerprint density at radius 3 is 2.15 bits per heavy atom. The van der Waals surface area contributed by atoms with Gasteiger partial charge in [0.15, 0.2) is 5.78 Å². The SMILES string of the molecule is CC(C)OC(=O)[C@H]1C(=N)S[C@@H](C(=O)c2ccccc2)[C@@H]1c1ccccc1. The van der Waals surface area contributed by atoms with Gasteiger partial charge in [0.25, 0.3) is 0 Å². The predicted octanol–water partition coefficient (Wildman–Crippen LogP) is 4.31. The molecule has 1 aliphatic heterocycles. The first-order chi connectivity index (χ1) is 12.5. The van der Waals surface area contributed by atoms with Crippen molar-refractivity contribution in [3.8, 4) is 0 Å². The minimum atomic E-state index is -0.748. The second-order valence-corrected chi connectivity index (χ2v) is 7.72. The minimum Gasteiger partial charge on any atom is -0.462 e. The lowest BCUT2D eigenvalue weighted by atomic mass is 9.82. The van der Waals surface area contributed by atoms with Gasteiger partial charge in [-0.25, -0.2) is 0 Å². The molecule has 1 aliphatic rings. The van der Waals surface area contributed by atoms with E-state index in [0.29, 0.717) is 5.56 Å². The van der Waals surface area contributed by atoms with Crippen molar-refractivity contribution in [2.75, 3.05) is 0 Å². The average Bonchev–Trinajstić information content (AvgIpc) is 2.99. The summed E-state index contributed by atoms with van der Waals surface area (Å²) in [5.41, 5.74) is 1.47. The third kappa shape index (κ3) is 3.73. The van der Waals surface area contributed by atoms with Crippen molar-refractivity contribution in [3.63, 3.8) is 0 Å². The number of benzene rings is 2. The van der Waals surface area contributed by atoms with Crippen LogP contribution >= 0.6 is 11.8 Å². The number of carbonyl (C=O) groups is 2. The minimum absolute atomic E-state index is 0.0611. The molecule has 0 spiro atoms. The first-order valence-electron chi connectivity index (χ1n) is 8.59. The summed E-state index contributed by atoms with van der Waals surface area (Å²) in [6.07, 6.45) is -0.263. The molecule has 1 saturated heterocycles. The van der Waals surface area contributed by atoms with E-state index in [1.54, 1.807) is 26.0 Å². The number of ether oxygens (including phenoxy) is 1. The summed E-state index contributed by atoms with van der Waals surface area (Å²) in [4.78, 5) is 25.8. The number of hydrogen-bond acceptors (Lipinski definition) is 5. The van der Waals surface area contributed by atoms with Gasteiger partial charge in [0.05, 0.1) is 16.4 Å². The van der Waals surface area contributed by atoms with Crippen LogP contribution < -0.4 is 0 Å². The van der Waals surface area contributed by atoms with E-state index in [4.69, 9.17) is 10.1 Å². The maximum Gasteiger partial charge on any atom is 0.316 e. The van der Waals surface area contributed by atoms with Crippen LogP contribution in [0.3, 0.4) is 0 Å². The lowest BCUT2D eigenvalue weighted by molar-refractivity contribution is -0.150. The molecule has 4 nitrogen and oxygen atoms in total. The fourth-order valence-electron chi connectivity index (χ4n) is 3.21. The van der Waals surface area contributed by atoms with Crippen molar-refractivity contribution in [1.29, 1.82) is 5.41 Å². The van der Waals surface area contributed by atoms with E-state index in [0.717, 1.165) is 5.56 Å². The molecule has 2 aromatic carbocycles. The maximum atomic E-state index is 13.1. The molecule has 0 aromatic heterocycles. The van der Waals surface area contributed by atoms with Crippen LogP contribution in [0.5, 0.6) is 0 Å². The van der Waals surface area contributed by atoms with Gasteiger partial charge in [-0.05, 0) is 19.4 Å². The molecule has 3 atom stereocenters. The van der Waals surface area contributed by atoms with Crippen LogP contribution in [0.4, 0.5) is 0 Å². The Morgan fingerprint density at radius 1 is 1.00 bits per heavy atom. The summed E-state index contributed by atoms with van der Waals surface area (Å²) >= 11 is 1.17. The first-order valence-corrected chi connectivity index (χ1v) is 9.46. The van der Waals surface area contributed by atoms with Crippen molar-refractivity contribution >= 4 is 28.6 Å². The first kappa shape index (κ1) is 18.4.